The van der Waals surface area contributed by atoms with Gasteiger partial charge in [-0.05, 0) is 51.4 Å². The predicted octanol–water partition coefficient (Wildman–Crippen LogP) is 13.9. The summed E-state index contributed by atoms with van der Waals surface area (Å²) in [6, 6.07) is 0. The molecule has 0 rings (SSSR count). The fourth-order valence-corrected chi connectivity index (χ4v) is 7.40. The van der Waals surface area contributed by atoms with Crippen LogP contribution in [-0.2, 0) is 27.9 Å². The first-order valence-electron chi connectivity index (χ1n) is 24.2. The van der Waals surface area contributed by atoms with Crippen molar-refractivity contribution in [3.05, 3.63) is 36.5 Å². The molecule has 8 nitrogen and oxygen atoms in total. The van der Waals surface area contributed by atoms with Gasteiger partial charge in [-0.3, -0.25) is 9.36 Å². The van der Waals surface area contributed by atoms with E-state index in [9.17, 15) is 14.3 Å². The van der Waals surface area contributed by atoms with Gasteiger partial charge >= 0.3 is 5.97 Å². The number of phosphoric ester groups is 1. The monoisotopic (exact) mass is 840 g/mol. The minimum atomic E-state index is -4.53. The van der Waals surface area contributed by atoms with Crippen LogP contribution < -0.4 is 4.89 Å². The van der Waals surface area contributed by atoms with Crippen LogP contribution in [0.2, 0.25) is 0 Å². The maximum atomic E-state index is 12.7. The zero-order valence-corrected chi connectivity index (χ0v) is 39.6. The van der Waals surface area contributed by atoms with Crippen LogP contribution >= 0.6 is 7.82 Å². The molecule has 0 aromatic heterocycles. The maximum absolute atomic E-state index is 12.7. The van der Waals surface area contributed by atoms with Crippen molar-refractivity contribution in [3.63, 3.8) is 0 Å². The third-order valence-electron chi connectivity index (χ3n) is 10.4. The van der Waals surface area contributed by atoms with Crippen LogP contribution in [0.1, 0.15) is 213 Å². The number of carbonyl (C=O) groups excluding carboxylic acids is 1. The second kappa shape index (κ2) is 42.4. The molecule has 0 aliphatic carbocycles. The Bertz CT molecular complexity index is 1020. The van der Waals surface area contributed by atoms with Crippen molar-refractivity contribution >= 4 is 13.8 Å². The molecule has 0 aromatic rings. The minimum Gasteiger partial charge on any atom is -0.756 e. The molecule has 0 N–H and O–H groups in total. The Labute approximate surface area is 359 Å². The lowest BCUT2D eigenvalue weighted by Crippen LogP contribution is -2.37. The highest BCUT2D eigenvalue weighted by atomic mass is 31.2. The number of allylic oxidation sites excluding steroid dienone is 6. The van der Waals surface area contributed by atoms with Crippen molar-refractivity contribution in [3.8, 4) is 0 Å². The topological polar surface area (TPSA) is 94.1 Å². The largest absolute Gasteiger partial charge is 0.756 e. The fourth-order valence-electron chi connectivity index (χ4n) is 6.67. The highest BCUT2D eigenvalue weighted by Gasteiger charge is 2.20. The summed E-state index contributed by atoms with van der Waals surface area (Å²) >= 11 is 0. The smallest absolute Gasteiger partial charge is 0.306 e. The van der Waals surface area contributed by atoms with Crippen LogP contribution in [0.15, 0.2) is 36.5 Å². The summed E-state index contributed by atoms with van der Waals surface area (Å²) in [5, 5.41) is 0. The van der Waals surface area contributed by atoms with Gasteiger partial charge in [0.1, 0.15) is 19.3 Å². The minimum absolute atomic E-state index is 0.0248. The van der Waals surface area contributed by atoms with Gasteiger partial charge in [-0.25, -0.2) is 0 Å². The van der Waals surface area contributed by atoms with Crippen molar-refractivity contribution in [2.24, 2.45) is 0 Å². The number of unbranched alkanes of at least 4 members (excludes halogenated alkanes) is 25. The van der Waals surface area contributed by atoms with Crippen LogP contribution in [-0.4, -0.2) is 70.7 Å². The molecule has 0 amide bonds. The third kappa shape index (κ3) is 45.8. The summed E-state index contributed by atoms with van der Waals surface area (Å²) in [5.41, 5.74) is 0. The molecule has 9 heteroatoms. The number of hydrogen-bond donors (Lipinski definition) is 0. The van der Waals surface area contributed by atoms with Crippen LogP contribution in [0.3, 0.4) is 0 Å². The first kappa shape index (κ1) is 56.7. The summed E-state index contributed by atoms with van der Waals surface area (Å²) in [4.78, 5) is 25.1. The van der Waals surface area contributed by atoms with E-state index in [4.69, 9.17) is 18.5 Å². The predicted molar refractivity (Wildman–Crippen MR) is 245 cm³/mol. The van der Waals surface area contributed by atoms with E-state index < -0.39 is 13.9 Å². The first-order chi connectivity index (χ1) is 28.1. The Morgan fingerprint density at radius 2 is 0.948 bits per heavy atom. The molecule has 2 atom stereocenters. The number of quaternary nitrogens is 1. The molecule has 0 bridgehead atoms. The van der Waals surface area contributed by atoms with Gasteiger partial charge in [0.05, 0.1) is 34.4 Å². The molecule has 342 valence electrons. The molecule has 58 heavy (non-hydrogen) atoms. The van der Waals surface area contributed by atoms with Crippen molar-refractivity contribution in [1.29, 1.82) is 0 Å². The zero-order chi connectivity index (χ0) is 42.7. The molecular weight excluding hydrogens is 746 g/mol. The summed E-state index contributed by atoms with van der Waals surface area (Å²) in [7, 11) is 1.35. The molecule has 0 radical (unpaired) electrons. The first-order valence-corrected chi connectivity index (χ1v) is 25.7. The van der Waals surface area contributed by atoms with E-state index in [1.807, 2.05) is 21.1 Å². The molecule has 0 spiro atoms. The molecule has 0 heterocycles. The Kier molecular flexibility index (Phi) is 41.5. The lowest BCUT2D eigenvalue weighted by Gasteiger charge is -2.28. The van der Waals surface area contributed by atoms with Gasteiger partial charge in [-0.1, -0.05) is 192 Å². The molecule has 0 aliphatic heterocycles. The second-order valence-electron chi connectivity index (χ2n) is 17.5. The number of rotatable bonds is 45. The van der Waals surface area contributed by atoms with E-state index >= 15 is 0 Å². The van der Waals surface area contributed by atoms with Crippen LogP contribution in [0, 0.1) is 0 Å². The summed E-state index contributed by atoms with van der Waals surface area (Å²) < 4.78 is 34.7. The summed E-state index contributed by atoms with van der Waals surface area (Å²) in [5.74, 6) is -0.336. The number of nitrogens with zero attached hydrogens (tertiary/aromatic N) is 1. The number of likely N-dealkylation sites (N-methyl/N-ethyl adjacent to an activating group) is 1. The Morgan fingerprint density at radius 1 is 0.534 bits per heavy atom. The van der Waals surface area contributed by atoms with Gasteiger partial charge in [0.25, 0.3) is 7.82 Å². The molecule has 0 fully saturated rings. The number of hydrogen-bond acceptors (Lipinski definition) is 7. The summed E-state index contributed by atoms with van der Waals surface area (Å²) in [6.45, 7) is 5.40. The Balaban J connectivity index is 4.17. The van der Waals surface area contributed by atoms with Crippen molar-refractivity contribution < 1.29 is 37.3 Å². The summed E-state index contributed by atoms with van der Waals surface area (Å²) in [6.07, 6.45) is 50.1. The highest BCUT2D eigenvalue weighted by molar-refractivity contribution is 7.45. The quantitative estimate of drug-likeness (QED) is 0.0198. The van der Waals surface area contributed by atoms with E-state index in [1.54, 1.807) is 0 Å². The van der Waals surface area contributed by atoms with Crippen molar-refractivity contribution in [2.45, 2.75) is 219 Å². The lowest BCUT2D eigenvalue weighted by molar-refractivity contribution is -0.870. The maximum Gasteiger partial charge on any atom is 0.306 e. The molecule has 0 aliphatic rings. The van der Waals surface area contributed by atoms with Crippen LogP contribution in [0.5, 0.6) is 0 Å². The van der Waals surface area contributed by atoms with Gasteiger partial charge < -0.3 is 27.9 Å². The van der Waals surface area contributed by atoms with Gasteiger partial charge in [-0.15, -0.1) is 0 Å². The molecule has 0 aromatic carbocycles. The van der Waals surface area contributed by atoms with Crippen molar-refractivity contribution in [2.75, 3.05) is 54.1 Å². The number of carbonyl (C=O) groups is 1. The van der Waals surface area contributed by atoms with Crippen molar-refractivity contribution in [1.82, 2.24) is 0 Å². The second-order valence-corrected chi connectivity index (χ2v) is 18.9. The van der Waals surface area contributed by atoms with Gasteiger partial charge in [0.15, 0.2) is 0 Å². The third-order valence-corrected chi connectivity index (χ3v) is 11.4. The zero-order valence-electron chi connectivity index (χ0n) is 38.7. The fraction of sp³-hybridized carbons (Fsp3) is 0.857. The molecule has 0 saturated carbocycles. The van der Waals surface area contributed by atoms with Gasteiger partial charge in [0.2, 0.25) is 0 Å². The van der Waals surface area contributed by atoms with E-state index in [0.717, 1.165) is 51.4 Å². The van der Waals surface area contributed by atoms with E-state index in [0.29, 0.717) is 24.1 Å². The van der Waals surface area contributed by atoms with E-state index in [-0.39, 0.29) is 25.8 Å². The highest BCUT2D eigenvalue weighted by Crippen LogP contribution is 2.38. The number of phosphoric acid groups is 1. The SMILES string of the molecule is CCCCCCC/C=C\C/C=C\C/C=C\CCCCCCCCCOCC(COP(=O)([O-])OCC[N+](C)(C)C)OC(=O)CCCCCCCCCCCCCCCC. The van der Waals surface area contributed by atoms with Crippen LogP contribution in [0.4, 0.5) is 0 Å². The molecular formula is C49H94NO7P. The normalized spacial score (nSPS) is 14.0. The van der Waals surface area contributed by atoms with E-state index in [1.165, 1.54) is 141 Å². The van der Waals surface area contributed by atoms with Gasteiger partial charge in [0, 0.05) is 13.0 Å². The van der Waals surface area contributed by atoms with E-state index in [2.05, 4.69) is 50.3 Å². The molecule has 2 unspecified atom stereocenters. The average molecular weight is 840 g/mol. The lowest BCUT2D eigenvalue weighted by atomic mass is 10.0. The molecule has 0 saturated heterocycles. The number of ether oxygens (including phenoxy) is 2. The Hall–Kier alpha value is -1.28. The number of esters is 1. The Morgan fingerprint density at radius 3 is 1.41 bits per heavy atom. The average Bonchev–Trinajstić information content (AvgIpc) is 3.18. The van der Waals surface area contributed by atoms with Gasteiger partial charge in [-0.2, -0.15) is 0 Å². The standard InChI is InChI=1S/C49H94NO7P/c1-6-8-10-12-14-16-18-20-22-23-24-25-26-27-28-29-31-33-35-37-39-41-44-54-46-48(47-56-58(52,53)55-45-43-50(3,4)5)57-49(51)42-40-38-36-34-32-30-21-19-17-15-13-11-9-7-2/h18,20,23-24,26-27,48H,6-17,19,21-22,25,28-47H2,1-5H3/b20-18-,24-23-,27-26-. The van der Waals surface area contributed by atoms with Crippen LogP contribution in [0.25, 0.3) is 0 Å².